The van der Waals surface area contributed by atoms with Crippen molar-refractivity contribution >= 4 is 17.2 Å². The van der Waals surface area contributed by atoms with Crippen LogP contribution < -0.4 is 11.1 Å². The van der Waals surface area contributed by atoms with E-state index in [-0.39, 0.29) is 5.91 Å². The highest BCUT2D eigenvalue weighted by Crippen LogP contribution is 2.15. The van der Waals surface area contributed by atoms with Gasteiger partial charge >= 0.3 is 0 Å². The summed E-state index contributed by atoms with van der Waals surface area (Å²) in [5.74, 6) is 6.12. The van der Waals surface area contributed by atoms with Crippen LogP contribution in [0.1, 0.15) is 26.0 Å². The van der Waals surface area contributed by atoms with Crippen molar-refractivity contribution in [1.82, 2.24) is 10.5 Å². The van der Waals surface area contributed by atoms with Gasteiger partial charge in [0.25, 0.3) is 5.91 Å². The minimum atomic E-state index is -0.153. The van der Waals surface area contributed by atoms with Gasteiger partial charge in [0.2, 0.25) is 0 Å². The molecule has 0 aliphatic rings. The molecule has 1 amide bonds. The first kappa shape index (κ1) is 13.3. The number of aryl methyl sites for hydroxylation is 1. The van der Waals surface area contributed by atoms with Gasteiger partial charge < -0.3 is 15.6 Å². The highest BCUT2D eigenvalue weighted by atomic mass is 32.1. The molecule has 2 rings (SSSR count). The third kappa shape index (κ3) is 3.68. The molecule has 2 aromatic rings. The standard InChI is InChI=1S/C13H13N3O2S/c1-9-7-10(18-16-9)8-15-13(17)12-5-4-11(19-12)3-2-6-14/h4-5,7H,6,8,14H2,1H3,(H,15,17). The van der Waals surface area contributed by atoms with Gasteiger partial charge in [-0.15, -0.1) is 11.3 Å². The van der Waals surface area contributed by atoms with Crippen molar-refractivity contribution in [3.8, 4) is 11.8 Å². The second-order valence-electron chi connectivity index (χ2n) is 3.79. The quantitative estimate of drug-likeness (QED) is 0.827. The van der Waals surface area contributed by atoms with Crippen LogP contribution in [0.25, 0.3) is 0 Å². The van der Waals surface area contributed by atoms with Crippen LogP contribution in [-0.4, -0.2) is 17.6 Å². The molecule has 19 heavy (non-hydrogen) atoms. The summed E-state index contributed by atoms with van der Waals surface area (Å²) in [6, 6.07) is 5.33. The van der Waals surface area contributed by atoms with Gasteiger partial charge in [0.05, 0.1) is 28.5 Å². The summed E-state index contributed by atoms with van der Waals surface area (Å²) in [4.78, 5) is 13.3. The Kier molecular flexibility index (Phi) is 4.34. The Bertz CT molecular complexity index is 634. The van der Waals surface area contributed by atoms with Gasteiger partial charge in [-0.05, 0) is 19.1 Å². The Balaban J connectivity index is 1.94. The van der Waals surface area contributed by atoms with E-state index in [0.717, 1.165) is 10.6 Å². The van der Waals surface area contributed by atoms with Gasteiger partial charge in [-0.25, -0.2) is 0 Å². The number of hydrogen-bond donors (Lipinski definition) is 2. The molecule has 3 N–H and O–H groups in total. The maximum atomic E-state index is 11.9. The van der Waals surface area contributed by atoms with Crippen molar-refractivity contribution in [2.75, 3.05) is 6.54 Å². The Morgan fingerprint density at radius 2 is 2.42 bits per heavy atom. The molecule has 0 atom stereocenters. The summed E-state index contributed by atoms with van der Waals surface area (Å²) in [6.07, 6.45) is 0. The number of nitrogens with zero attached hydrogens (tertiary/aromatic N) is 1. The Morgan fingerprint density at radius 3 is 3.11 bits per heavy atom. The van der Waals surface area contributed by atoms with Gasteiger partial charge in [-0.3, -0.25) is 4.79 Å². The van der Waals surface area contributed by atoms with Crippen LogP contribution in [0.3, 0.4) is 0 Å². The van der Waals surface area contributed by atoms with Crippen molar-refractivity contribution in [1.29, 1.82) is 0 Å². The van der Waals surface area contributed by atoms with Crippen molar-refractivity contribution in [2.24, 2.45) is 5.73 Å². The number of aromatic nitrogens is 1. The van der Waals surface area contributed by atoms with Crippen molar-refractivity contribution in [3.05, 3.63) is 39.4 Å². The molecule has 5 nitrogen and oxygen atoms in total. The fourth-order valence-corrected chi connectivity index (χ4v) is 2.22. The molecule has 0 saturated heterocycles. The van der Waals surface area contributed by atoms with Gasteiger partial charge in [0.15, 0.2) is 5.76 Å². The van der Waals surface area contributed by atoms with E-state index in [0.29, 0.717) is 23.7 Å². The summed E-state index contributed by atoms with van der Waals surface area (Å²) in [5.41, 5.74) is 6.08. The van der Waals surface area contributed by atoms with E-state index < -0.39 is 0 Å². The Hall–Kier alpha value is -2.10. The minimum Gasteiger partial charge on any atom is -0.359 e. The molecule has 0 aliphatic heterocycles. The van der Waals surface area contributed by atoms with Gasteiger partial charge in [-0.2, -0.15) is 0 Å². The number of hydrogen-bond acceptors (Lipinski definition) is 5. The molecule has 2 aromatic heterocycles. The van der Waals surface area contributed by atoms with Crippen molar-refractivity contribution in [3.63, 3.8) is 0 Å². The maximum Gasteiger partial charge on any atom is 0.261 e. The van der Waals surface area contributed by atoms with Crippen LogP contribution in [0.2, 0.25) is 0 Å². The maximum absolute atomic E-state index is 11.9. The van der Waals surface area contributed by atoms with E-state index in [9.17, 15) is 4.79 Å². The van der Waals surface area contributed by atoms with E-state index in [1.54, 1.807) is 18.2 Å². The van der Waals surface area contributed by atoms with E-state index in [1.165, 1.54) is 11.3 Å². The highest BCUT2D eigenvalue weighted by Gasteiger charge is 2.09. The summed E-state index contributed by atoms with van der Waals surface area (Å²) in [7, 11) is 0. The molecule has 0 aromatic carbocycles. The molecule has 0 spiro atoms. The summed E-state index contributed by atoms with van der Waals surface area (Å²) in [6.45, 7) is 2.46. The monoisotopic (exact) mass is 275 g/mol. The predicted molar refractivity (Wildman–Crippen MR) is 72.7 cm³/mol. The largest absolute Gasteiger partial charge is 0.359 e. The lowest BCUT2D eigenvalue weighted by Gasteiger charge is -1.99. The number of carbonyl (C=O) groups is 1. The zero-order valence-electron chi connectivity index (χ0n) is 10.4. The molecule has 0 radical (unpaired) electrons. The van der Waals surface area contributed by atoms with Crippen LogP contribution in [-0.2, 0) is 6.54 Å². The smallest absolute Gasteiger partial charge is 0.261 e. The lowest BCUT2D eigenvalue weighted by atomic mass is 10.3. The van der Waals surface area contributed by atoms with Gasteiger partial charge in [0.1, 0.15) is 0 Å². The number of amides is 1. The van der Waals surface area contributed by atoms with Crippen molar-refractivity contribution in [2.45, 2.75) is 13.5 Å². The molecule has 6 heteroatoms. The molecular weight excluding hydrogens is 262 g/mol. The second-order valence-corrected chi connectivity index (χ2v) is 4.87. The molecule has 0 aliphatic carbocycles. The average Bonchev–Trinajstić information content (AvgIpc) is 3.02. The SMILES string of the molecule is Cc1cc(CNC(=O)c2ccc(C#CCN)s2)on1. The number of carbonyl (C=O) groups excluding carboxylic acids is 1. The van der Waals surface area contributed by atoms with E-state index in [4.69, 9.17) is 10.3 Å². The highest BCUT2D eigenvalue weighted by molar-refractivity contribution is 7.14. The van der Waals surface area contributed by atoms with E-state index in [2.05, 4.69) is 22.3 Å². The molecule has 0 fully saturated rings. The predicted octanol–water partition coefficient (Wildman–Crippen LogP) is 1.28. The van der Waals surface area contributed by atoms with Crippen LogP contribution in [0.4, 0.5) is 0 Å². The minimum absolute atomic E-state index is 0.153. The Labute approximate surface area is 114 Å². The fourth-order valence-electron chi connectivity index (χ4n) is 1.42. The lowest BCUT2D eigenvalue weighted by molar-refractivity contribution is 0.0951. The number of thiophene rings is 1. The Morgan fingerprint density at radius 1 is 1.58 bits per heavy atom. The fraction of sp³-hybridized carbons (Fsp3) is 0.231. The average molecular weight is 275 g/mol. The van der Waals surface area contributed by atoms with Crippen LogP contribution in [0, 0.1) is 18.8 Å². The van der Waals surface area contributed by atoms with Gasteiger partial charge in [-0.1, -0.05) is 17.0 Å². The lowest BCUT2D eigenvalue weighted by Crippen LogP contribution is -2.21. The molecular formula is C13H13N3O2S. The van der Waals surface area contributed by atoms with Gasteiger partial charge in [0, 0.05) is 6.07 Å². The topological polar surface area (TPSA) is 81.2 Å². The first-order chi connectivity index (χ1) is 9.19. The number of rotatable bonds is 3. The van der Waals surface area contributed by atoms with E-state index in [1.807, 2.05) is 6.92 Å². The summed E-state index contributed by atoms with van der Waals surface area (Å²) < 4.78 is 5.01. The zero-order valence-corrected chi connectivity index (χ0v) is 11.2. The third-order valence-electron chi connectivity index (χ3n) is 2.24. The first-order valence-electron chi connectivity index (χ1n) is 5.68. The molecule has 2 heterocycles. The molecule has 0 bridgehead atoms. The summed E-state index contributed by atoms with van der Waals surface area (Å²) in [5, 5.41) is 6.51. The third-order valence-corrected chi connectivity index (χ3v) is 3.24. The van der Waals surface area contributed by atoms with Crippen LogP contribution >= 0.6 is 11.3 Å². The molecule has 98 valence electrons. The first-order valence-corrected chi connectivity index (χ1v) is 6.50. The normalized spacial score (nSPS) is 9.79. The number of nitrogens with one attached hydrogen (secondary N) is 1. The molecule has 0 unspecified atom stereocenters. The number of nitrogens with two attached hydrogens (primary N) is 1. The zero-order chi connectivity index (χ0) is 13.7. The van der Waals surface area contributed by atoms with Crippen LogP contribution in [0.5, 0.6) is 0 Å². The summed E-state index contributed by atoms with van der Waals surface area (Å²) >= 11 is 1.33. The van der Waals surface area contributed by atoms with Crippen molar-refractivity contribution < 1.29 is 9.32 Å². The second kappa shape index (κ2) is 6.18. The molecule has 0 saturated carbocycles. The van der Waals surface area contributed by atoms with E-state index >= 15 is 0 Å². The van der Waals surface area contributed by atoms with Crippen LogP contribution in [0.15, 0.2) is 22.7 Å².